The number of halogens is 1. The molecule has 0 aliphatic rings. The van der Waals surface area contributed by atoms with E-state index in [1.54, 1.807) is 42.5 Å². The van der Waals surface area contributed by atoms with Crippen molar-refractivity contribution in [3.05, 3.63) is 74.4 Å². The number of nitrogens with one attached hydrogen (secondary N) is 3. The second-order valence-electron chi connectivity index (χ2n) is 5.64. The number of aromatic nitrogens is 2. The summed E-state index contributed by atoms with van der Waals surface area (Å²) < 4.78 is 6.14. The highest BCUT2D eigenvalue weighted by Crippen LogP contribution is 2.19. The van der Waals surface area contributed by atoms with Gasteiger partial charge in [-0.3, -0.25) is 15.1 Å². The number of aromatic amines is 1. The third kappa shape index (κ3) is 3.99. The first kappa shape index (κ1) is 19.1. The summed E-state index contributed by atoms with van der Waals surface area (Å²) in [6.45, 7) is 0. The second-order valence-corrected chi connectivity index (χ2v) is 6.08. The van der Waals surface area contributed by atoms with Gasteiger partial charge in [0.15, 0.2) is 0 Å². The summed E-state index contributed by atoms with van der Waals surface area (Å²) >= 11 is 5.87. The highest BCUT2D eigenvalue weighted by Gasteiger charge is 2.16. The van der Waals surface area contributed by atoms with Gasteiger partial charge in [-0.2, -0.15) is 0 Å². The molecule has 0 aliphatic carbocycles. The first-order valence-corrected chi connectivity index (χ1v) is 8.39. The van der Waals surface area contributed by atoms with Gasteiger partial charge < -0.3 is 15.8 Å². The van der Waals surface area contributed by atoms with Gasteiger partial charge in [0.25, 0.3) is 5.56 Å². The SMILES string of the molecule is COc1ccc(-n2c(N)c(NC(=O)Nc3cccc(Cl)c3)c(=O)[nH]c2=O)cc1. The second kappa shape index (κ2) is 7.89. The third-order valence-corrected chi connectivity index (χ3v) is 4.03. The summed E-state index contributed by atoms with van der Waals surface area (Å²) in [5.41, 5.74) is 4.97. The molecule has 3 aromatic rings. The number of benzene rings is 2. The number of rotatable bonds is 4. The maximum absolute atomic E-state index is 12.2. The molecule has 0 bridgehead atoms. The number of H-pyrrole nitrogens is 1. The molecule has 0 spiro atoms. The molecular weight excluding hydrogens is 386 g/mol. The molecule has 0 aliphatic heterocycles. The Morgan fingerprint density at radius 2 is 1.86 bits per heavy atom. The van der Waals surface area contributed by atoms with Crippen molar-refractivity contribution in [2.45, 2.75) is 0 Å². The Labute approximate surface area is 163 Å². The van der Waals surface area contributed by atoms with Crippen molar-refractivity contribution in [2.75, 3.05) is 23.5 Å². The first-order valence-electron chi connectivity index (χ1n) is 8.02. The van der Waals surface area contributed by atoms with E-state index in [9.17, 15) is 14.4 Å². The number of hydrogen-bond acceptors (Lipinski definition) is 5. The van der Waals surface area contributed by atoms with E-state index in [-0.39, 0.29) is 11.5 Å². The van der Waals surface area contributed by atoms with Crippen LogP contribution in [0, 0.1) is 0 Å². The number of ether oxygens (including phenoxy) is 1. The van der Waals surface area contributed by atoms with E-state index >= 15 is 0 Å². The van der Waals surface area contributed by atoms with Gasteiger partial charge >= 0.3 is 11.7 Å². The molecule has 9 nitrogen and oxygen atoms in total. The van der Waals surface area contributed by atoms with Crippen LogP contribution in [0.1, 0.15) is 0 Å². The zero-order valence-corrected chi connectivity index (χ0v) is 15.4. The minimum absolute atomic E-state index is 0.222. The van der Waals surface area contributed by atoms with Gasteiger partial charge in [0, 0.05) is 10.7 Å². The minimum atomic E-state index is -0.825. The number of hydrogen-bond donors (Lipinski definition) is 4. The number of nitrogens with zero attached hydrogens (tertiary/aromatic N) is 1. The van der Waals surface area contributed by atoms with Crippen molar-refractivity contribution < 1.29 is 9.53 Å². The fourth-order valence-electron chi connectivity index (χ4n) is 2.50. The van der Waals surface area contributed by atoms with Crippen molar-refractivity contribution in [3.63, 3.8) is 0 Å². The zero-order chi connectivity index (χ0) is 20.3. The van der Waals surface area contributed by atoms with Gasteiger partial charge in [0.1, 0.15) is 17.3 Å². The van der Waals surface area contributed by atoms with Crippen molar-refractivity contribution in [3.8, 4) is 11.4 Å². The molecule has 5 N–H and O–H groups in total. The summed E-state index contributed by atoms with van der Waals surface area (Å²) in [7, 11) is 1.51. The normalized spacial score (nSPS) is 10.4. The number of methoxy groups -OCH3 is 1. The zero-order valence-electron chi connectivity index (χ0n) is 14.7. The molecule has 3 rings (SSSR count). The molecule has 144 valence electrons. The molecule has 0 fully saturated rings. The van der Waals surface area contributed by atoms with Gasteiger partial charge in [-0.15, -0.1) is 0 Å². The highest BCUT2D eigenvalue weighted by atomic mass is 35.5. The summed E-state index contributed by atoms with van der Waals surface area (Å²) in [5, 5.41) is 5.32. The van der Waals surface area contributed by atoms with Crippen LogP contribution in [-0.4, -0.2) is 22.7 Å². The van der Waals surface area contributed by atoms with Crippen molar-refractivity contribution in [1.29, 1.82) is 0 Å². The lowest BCUT2D eigenvalue weighted by molar-refractivity contribution is 0.262. The molecule has 0 radical (unpaired) electrons. The van der Waals surface area contributed by atoms with Crippen LogP contribution < -0.4 is 32.4 Å². The molecule has 0 saturated carbocycles. The van der Waals surface area contributed by atoms with Crippen LogP contribution in [0.2, 0.25) is 5.02 Å². The number of urea groups is 1. The van der Waals surface area contributed by atoms with Crippen LogP contribution in [0.3, 0.4) is 0 Å². The summed E-state index contributed by atoms with van der Waals surface area (Å²) in [6, 6.07) is 12.2. The third-order valence-electron chi connectivity index (χ3n) is 3.80. The van der Waals surface area contributed by atoms with E-state index in [4.69, 9.17) is 22.1 Å². The summed E-state index contributed by atoms with van der Waals surface area (Å²) in [4.78, 5) is 38.8. The van der Waals surface area contributed by atoms with Gasteiger partial charge in [0.05, 0.1) is 12.8 Å². The van der Waals surface area contributed by atoms with Gasteiger partial charge in [-0.05, 0) is 42.5 Å². The van der Waals surface area contributed by atoms with Crippen LogP contribution in [0.15, 0.2) is 58.1 Å². The summed E-state index contributed by atoms with van der Waals surface area (Å²) in [6.07, 6.45) is 0. The minimum Gasteiger partial charge on any atom is -0.497 e. The Kier molecular flexibility index (Phi) is 5.37. The fraction of sp³-hybridized carbons (Fsp3) is 0.0556. The Hall–Kier alpha value is -3.72. The van der Waals surface area contributed by atoms with E-state index in [1.807, 2.05) is 0 Å². The number of anilines is 3. The van der Waals surface area contributed by atoms with Crippen molar-refractivity contribution >= 4 is 34.8 Å². The smallest absolute Gasteiger partial charge is 0.334 e. The molecule has 0 atom stereocenters. The molecule has 28 heavy (non-hydrogen) atoms. The lowest BCUT2D eigenvalue weighted by atomic mass is 10.3. The number of amides is 2. The van der Waals surface area contributed by atoms with Gasteiger partial charge in [-0.25, -0.2) is 14.2 Å². The largest absolute Gasteiger partial charge is 0.497 e. The maximum atomic E-state index is 12.2. The van der Waals surface area contributed by atoms with Crippen molar-refractivity contribution in [2.24, 2.45) is 0 Å². The molecule has 1 aromatic heterocycles. The van der Waals surface area contributed by atoms with Crippen LogP contribution in [0.25, 0.3) is 5.69 Å². The van der Waals surface area contributed by atoms with E-state index in [2.05, 4.69) is 15.6 Å². The van der Waals surface area contributed by atoms with E-state index in [0.717, 1.165) is 4.57 Å². The molecule has 2 aromatic carbocycles. The predicted octanol–water partition coefficient (Wildman–Crippen LogP) is 2.41. The number of nitrogens with two attached hydrogens (primary N) is 1. The van der Waals surface area contributed by atoms with Crippen LogP contribution in [0.4, 0.5) is 22.0 Å². The molecular formula is C18H16ClN5O4. The van der Waals surface area contributed by atoms with Crippen LogP contribution in [-0.2, 0) is 0 Å². The van der Waals surface area contributed by atoms with Gasteiger partial charge in [0.2, 0.25) is 0 Å². The Morgan fingerprint density at radius 3 is 2.50 bits per heavy atom. The lowest BCUT2D eigenvalue weighted by Crippen LogP contribution is -2.35. The van der Waals surface area contributed by atoms with E-state index < -0.39 is 17.3 Å². The Bertz CT molecular complexity index is 1140. The average molecular weight is 402 g/mol. The number of nitrogen functional groups attached to an aromatic ring is 1. The molecule has 10 heteroatoms. The van der Waals surface area contributed by atoms with Crippen molar-refractivity contribution in [1.82, 2.24) is 9.55 Å². The predicted molar refractivity (Wildman–Crippen MR) is 108 cm³/mol. The Morgan fingerprint density at radius 1 is 1.14 bits per heavy atom. The molecule has 2 amide bonds. The summed E-state index contributed by atoms with van der Waals surface area (Å²) in [5.74, 6) is 0.360. The maximum Gasteiger partial charge on any atom is 0.334 e. The Balaban J connectivity index is 1.94. The number of carbonyl (C=O) groups is 1. The fourth-order valence-corrected chi connectivity index (χ4v) is 2.69. The highest BCUT2D eigenvalue weighted by molar-refractivity contribution is 6.30. The molecule has 1 heterocycles. The standard InChI is InChI=1S/C18H16ClN5O4/c1-28-13-7-5-12(6-8-13)24-15(20)14(16(25)23-18(24)27)22-17(26)21-11-4-2-3-10(19)9-11/h2-9H,20H2,1H3,(H2,21,22,26)(H,23,25,27). The topological polar surface area (TPSA) is 131 Å². The van der Waals surface area contributed by atoms with Gasteiger partial charge in [-0.1, -0.05) is 17.7 Å². The number of carbonyl (C=O) groups excluding carboxylic acids is 1. The molecule has 0 unspecified atom stereocenters. The lowest BCUT2D eigenvalue weighted by Gasteiger charge is -2.14. The van der Waals surface area contributed by atoms with E-state index in [0.29, 0.717) is 22.1 Å². The quantitative estimate of drug-likeness (QED) is 0.533. The average Bonchev–Trinajstić information content (AvgIpc) is 2.65. The molecule has 0 saturated heterocycles. The first-order chi connectivity index (χ1) is 13.4. The van der Waals surface area contributed by atoms with E-state index in [1.165, 1.54) is 13.2 Å². The van der Waals surface area contributed by atoms with Crippen LogP contribution >= 0.6 is 11.6 Å². The monoisotopic (exact) mass is 401 g/mol. The van der Waals surface area contributed by atoms with Crippen LogP contribution in [0.5, 0.6) is 5.75 Å².